The standard InChI is InChI=1S/C17H19N5/c1-21-10-7-13(12-21)11-16-20-14-5-4-9-19-17(14)22(16)15-6-2-3-8-18-15/h2-6,8-9,13H,7,10-12H2,1H3. The van der Waals surface area contributed by atoms with Crippen LogP contribution in [0.2, 0.25) is 0 Å². The molecule has 0 saturated carbocycles. The number of imidazole rings is 1. The Morgan fingerprint density at radius 1 is 1.14 bits per heavy atom. The maximum atomic E-state index is 4.82. The molecular weight excluding hydrogens is 274 g/mol. The molecule has 1 unspecified atom stereocenters. The number of nitrogens with zero attached hydrogens (tertiary/aromatic N) is 5. The van der Waals surface area contributed by atoms with E-state index in [1.807, 2.05) is 42.7 Å². The van der Waals surface area contributed by atoms with Gasteiger partial charge in [-0.1, -0.05) is 6.07 Å². The summed E-state index contributed by atoms with van der Waals surface area (Å²) in [6.45, 7) is 2.31. The number of fused-ring (bicyclic) bond motifs is 1. The molecule has 1 aliphatic heterocycles. The average Bonchev–Trinajstić information content (AvgIpc) is 3.11. The molecule has 0 radical (unpaired) electrons. The molecule has 1 saturated heterocycles. The molecule has 1 fully saturated rings. The Bertz CT molecular complexity index is 780. The fourth-order valence-corrected chi connectivity index (χ4v) is 3.27. The van der Waals surface area contributed by atoms with Crippen molar-refractivity contribution in [2.24, 2.45) is 5.92 Å². The molecule has 0 aliphatic carbocycles. The van der Waals surface area contributed by atoms with Crippen LogP contribution < -0.4 is 0 Å². The van der Waals surface area contributed by atoms with Crippen LogP contribution in [0.25, 0.3) is 17.0 Å². The van der Waals surface area contributed by atoms with Crippen molar-refractivity contribution >= 4 is 11.2 Å². The number of hydrogen-bond acceptors (Lipinski definition) is 4. The van der Waals surface area contributed by atoms with E-state index in [0.717, 1.165) is 35.8 Å². The van der Waals surface area contributed by atoms with Crippen molar-refractivity contribution in [3.8, 4) is 5.82 Å². The Kier molecular flexibility index (Phi) is 3.35. The van der Waals surface area contributed by atoms with Gasteiger partial charge in [-0.25, -0.2) is 15.0 Å². The lowest BCUT2D eigenvalue weighted by Gasteiger charge is -2.12. The van der Waals surface area contributed by atoms with E-state index < -0.39 is 0 Å². The van der Waals surface area contributed by atoms with Crippen LogP contribution in [0.5, 0.6) is 0 Å². The van der Waals surface area contributed by atoms with Crippen LogP contribution in [-0.4, -0.2) is 44.6 Å². The number of likely N-dealkylation sites (tertiary alicyclic amines) is 1. The van der Waals surface area contributed by atoms with Gasteiger partial charge in [0.15, 0.2) is 5.65 Å². The van der Waals surface area contributed by atoms with Gasteiger partial charge in [0.2, 0.25) is 0 Å². The maximum Gasteiger partial charge on any atom is 0.165 e. The lowest BCUT2D eigenvalue weighted by Crippen LogP contribution is -2.16. The largest absolute Gasteiger partial charge is 0.306 e. The molecule has 22 heavy (non-hydrogen) atoms. The van der Waals surface area contributed by atoms with Gasteiger partial charge in [-0.3, -0.25) is 4.57 Å². The fraction of sp³-hybridized carbons (Fsp3) is 0.353. The lowest BCUT2D eigenvalue weighted by molar-refractivity contribution is 0.392. The van der Waals surface area contributed by atoms with Gasteiger partial charge in [0, 0.05) is 25.4 Å². The molecule has 0 spiro atoms. The van der Waals surface area contributed by atoms with Gasteiger partial charge in [0.25, 0.3) is 0 Å². The van der Waals surface area contributed by atoms with Crippen molar-refractivity contribution in [1.82, 2.24) is 24.4 Å². The van der Waals surface area contributed by atoms with Gasteiger partial charge in [0.05, 0.1) is 0 Å². The topological polar surface area (TPSA) is 46.8 Å². The van der Waals surface area contributed by atoms with Crippen molar-refractivity contribution < 1.29 is 0 Å². The van der Waals surface area contributed by atoms with Crippen molar-refractivity contribution in [2.45, 2.75) is 12.8 Å². The lowest BCUT2D eigenvalue weighted by atomic mass is 10.0. The van der Waals surface area contributed by atoms with Crippen LogP contribution in [0, 0.1) is 5.92 Å². The highest BCUT2D eigenvalue weighted by molar-refractivity contribution is 5.73. The normalized spacial score (nSPS) is 19.0. The Balaban J connectivity index is 1.80. The van der Waals surface area contributed by atoms with Crippen molar-refractivity contribution in [2.75, 3.05) is 20.1 Å². The first-order valence-corrected chi connectivity index (χ1v) is 7.73. The van der Waals surface area contributed by atoms with Gasteiger partial charge in [-0.05, 0) is 50.2 Å². The zero-order valence-corrected chi connectivity index (χ0v) is 12.7. The maximum absolute atomic E-state index is 4.82. The Hall–Kier alpha value is -2.27. The van der Waals surface area contributed by atoms with Gasteiger partial charge >= 0.3 is 0 Å². The van der Waals surface area contributed by atoms with E-state index in [4.69, 9.17) is 4.98 Å². The molecule has 0 N–H and O–H groups in total. The molecule has 5 heteroatoms. The van der Waals surface area contributed by atoms with Crippen molar-refractivity contribution in [1.29, 1.82) is 0 Å². The second-order valence-electron chi connectivity index (χ2n) is 6.02. The summed E-state index contributed by atoms with van der Waals surface area (Å²) in [5, 5.41) is 0. The highest BCUT2D eigenvalue weighted by Gasteiger charge is 2.23. The first-order chi connectivity index (χ1) is 10.8. The summed E-state index contributed by atoms with van der Waals surface area (Å²) in [7, 11) is 2.18. The molecule has 0 amide bonds. The summed E-state index contributed by atoms with van der Waals surface area (Å²) in [6.07, 6.45) is 5.83. The van der Waals surface area contributed by atoms with E-state index in [-0.39, 0.29) is 0 Å². The second kappa shape index (κ2) is 5.50. The number of aromatic nitrogens is 4. The Labute approximate surface area is 129 Å². The number of rotatable bonds is 3. The van der Waals surface area contributed by atoms with E-state index in [9.17, 15) is 0 Å². The highest BCUT2D eigenvalue weighted by Crippen LogP contribution is 2.24. The molecule has 1 aliphatic rings. The van der Waals surface area contributed by atoms with Gasteiger partial charge < -0.3 is 4.90 Å². The predicted octanol–water partition coefficient (Wildman–Crippen LogP) is 2.31. The van der Waals surface area contributed by atoms with Crippen molar-refractivity contribution in [3.63, 3.8) is 0 Å². The molecule has 0 bridgehead atoms. The van der Waals surface area contributed by atoms with E-state index >= 15 is 0 Å². The molecule has 0 aromatic carbocycles. The zero-order valence-electron chi connectivity index (χ0n) is 12.7. The molecule has 5 nitrogen and oxygen atoms in total. The summed E-state index contributed by atoms with van der Waals surface area (Å²) in [5.74, 6) is 2.61. The van der Waals surface area contributed by atoms with E-state index in [1.54, 1.807) is 0 Å². The summed E-state index contributed by atoms with van der Waals surface area (Å²) in [6, 6.07) is 9.91. The van der Waals surface area contributed by atoms with E-state index in [1.165, 1.54) is 13.0 Å². The molecule has 3 aromatic rings. The smallest absolute Gasteiger partial charge is 0.165 e. The van der Waals surface area contributed by atoms with Crippen LogP contribution in [0.15, 0.2) is 42.7 Å². The molecular formula is C17H19N5. The zero-order chi connectivity index (χ0) is 14.9. The van der Waals surface area contributed by atoms with Crippen LogP contribution in [0.4, 0.5) is 0 Å². The van der Waals surface area contributed by atoms with Crippen molar-refractivity contribution in [3.05, 3.63) is 48.5 Å². The molecule has 3 aromatic heterocycles. The predicted molar refractivity (Wildman–Crippen MR) is 86.0 cm³/mol. The summed E-state index contributed by atoms with van der Waals surface area (Å²) in [4.78, 5) is 16.2. The number of hydrogen-bond donors (Lipinski definition) is 0. The van der Waals surface area contributed by atoms with Gasteiger partial charge in [0.1, 0.15) is 17.2 Å². The molecule has 112 valence electrons. The average molecular weight is 293 g/mol. The molecule has 4 rings (SSSR count). The van der Waals surface area contributed by atoms with E-state index in [2.05, 4.69) is 26.5 Å². The minimum Gasteiger partial charge on any atom is -0.306 e. The fourth-order valence-electron chi connectivity index (χ4n) is 3.27. The second-order valence-corrected chi connectivity index (χ2v) is 6.02. The summed E-state index contributed by atoms with van der Waals surface area (Å²) < 4.78 is 2.10. The minimum atomic E-state index is 0.657. The molecule has 1 atom stereocenters. The summed E-state index contributed by atoms with van der Waals surface area (Å²) in [5.41, 5.74) is 1.83. The summed E-state index contributed by atoms with van der Waals surface area (Å²) >= 11 is 0. The number of pyridine rings is 2. The monoisotopic (exact) mass is 293 g/mol. The minimum absolute atomic E-state index is 0.657. The molecule has 4 heterocycles. The van der Waals surface area contributed by atoms with Crippen LogP contribution in [0.1, 0.15) is 12.2 Å². The highest BCUT2D eigenvalue weighted by atomic mass is 15.2. The quantitative estimate of drug-likeness (QED) is 0.743. The third kappa shape index (κ3) is 2.37. The SMILES string of the molecule is CN1CCC(Cc2nc3cccnc3n2-c2ccccn2)C1. The first-order valence-electron chi connectivity index (χ1n) is 7.73. The first kappa shape index (κ1) is 13.4. The van der Waals surface area contributed by atoms with Crippen LogP contribution in [-0.2, 0) is 6.42 Å². The van der Waals surface area contributed by atoms with E-state index in [0.29, 0.717) is 5.92 Å². The third-order valence-electron chi connectivity index (χ3n) is 4.32. The van der Waals surface area contributed by atoms with Crippen LogP contribution in [0.3, 0.4) is 0 Å². The Morgan fingerprint density at radius 2 is 2.05 bits per heavy atom. The van der Waals surface area contributed by atoms with Crippen LogP contribution >= 0.6 is 0 Å². The third-order valence-corrected chi connectivity index (χ3v) is 4.32. The van der Waals surface area contributed by atoms with Gasteiger partial charge in [-0.15, -0.1) is 0 Å². The van der Waals surface area contributed by atoms with Gasteiger partial charge in [-0.2, -0.15) is 0 Å². The Morgan fingerprint density at radius 3 is 2.82 bits per heavy atom.